The minimum absolute atomic E-state index is 0.136. The summed E-state index contributed by atoms with van der Waals surface area (Å²) >= 11 is 0. The van der Waals surface area contributed by atoms with E-state index in [1.54, 1.807) is 25.5 Å². The van der Waals surface area contributed by atoms with Crippen LogP contribution in [0.1, 0.15) is 5.56 Å². The van der Waals surface area contributed by atoms with Gasteiger partial charge in [-0.25, -0.2) is 4.39 Å². The molecule has 0 bridgehead atoms. The molecule has 130 valence electrons. The van der Waals surface area contributed by atoms with E-state index in [2.05, 4.69) is 4.98 Å². The summed E-state index contributed by atoms with van der Waals surface area (Å²) in [5.74, 6) is 0.152. The molecule has 0 aliphatic rings. The molecule has 0 saturated carbocycles. The predicted octanol–water partition coefficient (Wildman–Crippen LogP) is 2.81. The number of aryl methyl sites for hydroxylation is 1. The van der Waals surface area contributed by atoms with Gasteiger partial charge in [0, 0.05) is 43.3 Å². The smallest absolute Gasteiger partial charge is 0.259 e. The lowest BCUT2D eigenvalue weighted by Crippen LogP contribution is -2.17. The molecular weight excluding hydrogens is 321 g/mol. The van der Waals surface area contributed by atoms with Crippen molar-refractivity contribution in [3.05, 3.63) is 58.5 Å². The van der Waals surface area contributed by atoms with Gasteiger partial charge in [0.05, 0.1) is 12.5 Å². The third-order valence-electron chi connectivity index (χ3n) is 4.14. The first-order chi connectivity index (χ1) is 11.9. The fourth-order valence-corrected chi connectivity index (χ4v) is 2.96. The van der Waals surface area contributed by atoms with Crippen molar-refractivity contribution in [2.45, 2.75) is 6.54 Å². The standard InChI is InChI=1S/C19H20FN3O2/c1-22(2)10-16-17(20)7-12(8-18(16)25-4)15-11-23(3)19(24)14-9-21-6-5-13(14)15/h5-9,11H,10H2,1-4H3. The lowest BCUT2D eigenvalue weighted by Gasteiger charge is -2.17. The minimum Gasteiger partial charge on any atom is -0.496 e. The highest BCUT2D eigenvalue weighted by Crippen LogP contribution is 2.33. The zero-order valence-corrected chi connectivity index (χ0v) is 14.7. The van der Waals surface area contributed by atoms with Crippen LogP contribution in [0.15, 0.2) is 41.6 Å². The fourth-order valence-electron chi connectivity index (χ4n) is 2.96. The third kappa shape index (κ3) is 3.13. The molecule has 2 aromatic heterocycles. The predicted molar refractivity (Wildman–Crippen MR) is 96.3 cm³/mol. The van der Waals surface area contributed by atoms with E-state index in [-0.39, 0.29) is 11.4 Å². The molecule has 0 radical (unpaired) electrons. The van der Waals surface area contributed by atoms with E-state index in [0.717, 1.165) is 10.9 Å². The van der Waals surface area contributed by atoms with Gasteiger partial charge in [-0.2, -0.15) is 0 Å². The highest BCUT2D eigenvalue weighted by molar-refractivity contribution is 5.95. The number of hydrogen-bond acceptors (Lipinski definition) is 4. The normalized spacial score (nSPS) is 11.3. The molecule has 0 aliphatic heterocycles. The van der Waals surface area contributed by atoms with E-state index < -0.39 is 0 Å². The molecule has 0 N–H and O–H groups in total. The van der Waals surface area contributed by atoms with Gasteiger partial charge in [0.25, 0.3) is 5.56 Å². The molecule has 0 unspecified atom stereocenters. The maximum absolute atomic E-state index is 14.7. The summed E-state index contributed by atoms with van der Waals surface area (Å²) in [4.78, 5) is 18.2. The number of benzene rings is 1. The summed E-state index contributed by atoms with van der Waals surface area (Å²) in [6.07, 6.45) is 4.87. The Labute approximate surface area is 145 Å². The van der Waals surface area contributed by atoms with Crippen LogP contribution in [0.25, 0.3) is 21.9 Å². The first-order valence-corrected chi connectivity index (χ1v) is 7.87. The Morgan fingerprint density at radius 2 is 2.04 bits per heavy atom. The summed E-state index contributed by atoms with van der Waals surface area (Å²) < 4.78 is 21.6. The van der Waals surface area contributed by atoms with E-state index in [9.17, 15) is 9.18 Å². The second-order valence-electron chi connectivity index (χ2n) is 6.26. The van der Waals surface area contributed by atoms with Crippen molar-refractivity contribution in [2.75, 3.05) is 21.2 Å². The van der Waals surface area contributed by atoms with Crippen LogP contribution in [0.5, 0.6) is 5.75 Å². The van der Waals surface area contributed by atoms with E-state index in [4.69, 9.17) is 4.74 Å². The van der Waals surface area contributed by atoms with Crippen molar-refractivity contribution in [3.63, 3.8) is 0 Å². The largest absolute Gasteiger partial charge is 0.496 e. The molecule has 2 heterocycles. The Bertz CT molecular complexity index is 996. The molecule has 3 aromatic rings. The Morgan fingerprint density at radius 1 is 1.28 bits per heavy atom. The molecular formula is C19H20FN3O2. The molecule has 1 aromatic carbocycles. The molecule has 5 nitrogen and oxygen atoms in total. The number of halogens is 1. The number of nitrogens with zero attached hydrogens (tertiary/aromatic N) is 3. The highest BCUT2D eigenvalue weighted by Gasteiger charge is 2.16. The number of methoxy groups -OCH3 is 1. The van der Waals surface area contributed by atoms with Gasteiger partial charge >= 0.3 is 0 Å². The van der Waals surface area contributed by atoms with Crippen LogP contribution in [-0.4, -0.2) is 35.7 Å². The average Bonchev–Trinajstić information content (AvgIpc) is 2.59. The van der Waals surface area contributed by atoms with Crippen LogP contribution in [0.3, 0.4) is 0 Å². The van der Waals surface area contributed by atoms with Gasteiger partial charge < -0.3 is 14.2 Å². The Morgan fingerprint density at radius 3 is 2.72 bits per heavy atom. The quantitative estimate of drug-likeness (QED) is 0.732. The van der Waals surface area contributed by atoms with Crippen molar-refractivity contribution in [3.8, 4) is 16.9 Å². The van der Waals surface area contributed by atoms with Crippen molar-refractivity contribution >= 4 is 10.8 Å². The maximum atomic E-state index is 14.7. The van der Waals surface area contributed by atoms with Crippen molar-refractivity contribution in [2.24, 2.45) is 7.05 Å². The van der Waals surface area contributed by atoms with Gasteiger partial charge in [-0.1, -0.05) is 0 Å². The minimum atomic E-state index is -0.334. The number of ether oxygens (including phenoxy) is 1. The van der Waals surface area contributed by atoms with Crippen LogP contribution in [0.4, 0.5) is 4.39 Å². The summed E-state index contributed by atoms with van der Waals surface area (Å²) in [6.45, 7) is 0.438. The van der Waals surface area contributed by atoms with Gasteiger partial charge in [-0.05, 0) is 43.2 Å². The van der Waals surface area contributed by atoms with Crippen LogP contribution < -0.4 is 10.3 Å². The fraction of sp³-hybridized carbons (Fsp3) is 0.263. The zero-order valence-electron chi connectivity index (χ0n) is 14.7. The molecule has 0 aliphatic carbocycles. The lowest BCUT2D eigenvalue weighted by molar-refractivity contribution is 0.361. The molecule has 0 saturated heterocycles. The van der Waals surface area contributed by atoms with E-state index in [1.165, 1.54) is 23.9 Å². The van der Waals surface area contributed by atoms with Gasteiger partial charge in [0.1, 0.15) is 11.6 Å². The highest BCUT2D eigenvalue weighted by atomic mass is 19.1. The topological polar surface area (TPSA) is 47.4 Å². The van der Waals surface area contributed by atoms with Crippen LogP contribution in [0.2, 0.25) is 0 Å². The Kier molecular flexibility index (Phi) is 4.55. The SMILES string of the molecule is COc1cc(-c2cn(C)c(=O)c3cnccc23)cc(F)c1CN(C)C. The Balaban J connectivity index is 2.27. The second-order valence-corrected chi connectivity index (χ2v) is 6.26. The molecule has 0 spiro atoms. The number of aromatic nitrogens is 2. The van der Waals surface area contributed by atoms with Gasteiger partial charge in [-0.3, -0.25) is 9.78 Å². The molecule has 0 fully saturated rings. The van der Waals surface area contributed by atoms with Gasteiger partial charge in [0.15, 0.2) is 0 Å². The molecule has 6 heteroatoms. The number of hydrogen-bond donors (Lipinski definition) is 0. The van der Waals surface area contributed by atoms with Crippen LogP contribution >= 0.6 is 0 Å². The third-order valence-corrected chi connectivity index (χ3v) is 4.14. The summed E-state index contributed by atoms with van der Waals surface area (Å²) in [7, 11) is 6.95. The maximum Gasteiger partial charge on any atom is 0.259 e. The van der Waals surface area contributed by atoms with Crippen LogP contribution in [0, 0.1) is 5.82 Å². The van der Waals surface area contributed by atoms with Crippen LogP contribution in [-0.2, 0) is 13.6 Å². The summed E-state index contributed by atoms with van der Waals surface area (Å²) in [5.41, 5.74) is 1.78. The molecule has 0 atom stereocenters. The van der Waals surface area contributed by atoms with Crippen molar-refractivity contribution < 1.29 is 9.13 Å². The van der Waals surface area contributed by atoms with E-state index >= 15 is 0 Å². The number of pyridine rings is 2. The van der Waals surface area contributed by atoms with E-state index in [0.29, 0.717) is 28.8 Å². The second kappa shape index (κ2) is 6.64. The van der Waals surface area contributed by atoms with Crippen molar-refractivity contribution in [1.82, 2.24) is 14.5 Å². The van der Waals surface area contributed by atoms with Gasteiger partial charge in [-0.15, -0.1) is 0 Å². The first-order valence-electron chi connectivity index (χ1n) is 7.87. The Hall–Kier alpha value is -2.73. The van der Waals surface area contributed by atoms with E-state index in [1.807, 2.05) is 25.1 Å². The zero-order chi connectivity index (χ0) is 18.1. The average molecular weight is 341 g/mol. The van der Waals surface area contributed by atoms with Crippen molar-refractivity contribution in [1.29, 1.82) is 0 Å². The summed E-state index contributed by atoms with van der Waals surface area (Å²) in [6, 6.07) is 5.06. The first kappa shape index (κ1) is 17.1. The molecule has 3 rings (SSSR count). The monoisotopic (exact) mass is 341 g/mol. The number of rotatable bonds is 4. The van der Waals surface area contributed by atoms with Gasteiger partial charge in [0.2, 0.25) is 0 Å². The summed E-state index contributed by atoms with van der Waals surface area (Å²) in [5, 5.41) is 1.24. The lowest BCUT2D eigenvalue weighted by atomic mass is 9.99. The molecule has 25 heavy (non-hydrogen) atoms. The number of fused-ring (bicyclic) bond motifs is 1. The molecule has 0 amide bonds.